The van der Waals surface area contributed by atoms with E-state index >= 15 is 4.39 Å². The Balaban J connectivity index is 0.000000159. The Bertz CT molecular complexity index is 4730. The topological polar surface area (TPSA) is 169 Å². The minimum atomic E-state index is -0.494. The van der Waals surface area contributed by atoms with Gasteiger partial charge in [0.25, 0.3) is 11.8 Å². The van der Waals surface area contributed by atoms with E-state index in [1.54, 1.807) is 21.9 Å². The fourth-order valence-electron chi connectivity index (χ4n) is 20.2. The number of anilines is 4. The predicted molar refractivity (Wildman–Crippen MR) is 423 cm³/mol. The van der Waals surface area contributed by atoms with Crippen molar-refractivity contribution in [1.29, 1.82) is 0 Å². The molecule has 10 aliphatic rings. The van der Waals surface area contributed by atoms with Crippen LogP contribution in [0.3, 0.4) is 0 Å². The van der Waals surface area contributed by atoms with Crippen LogP contribution in [-0.4, -0.2) is 168 Å². The molecule has 2 saturated carbocycles. The van der Waals surface area contributed by atoms with Crippen molar-refractivity contribution < 1.29 is 43.4 Å². The molecule has 8 aromatic carbocycles. The zero-order valence-corrected chi connectivity index (χ0v) is 62.4. The van der Waals surface area contributed by atoms with E-state index in [2.05, 4.69) is 139 Å². The lowest BCUT2D eigenvalue weighted by atomic mass is 9.69. The number of aromatic hydroxyl groups is 2. The van der Waals surface area contributed by atoms with E-state index in [4.69, 9.17) is 0 Å². The minimum Gasteiger partial charge on any atom is -0.508 e. The summed E-state index contributed by atoms with van der Waals surface area (Å²) >= 11 is 0. The number of phenolic OH excluding ortho intramolecular Hbond substituents is 2. The van der Waals surface area contributed by atoms with Crippen LogP contribution in [-0.2, 0) is 45.1 Å². The molecule has 0 aromatic heterocycles. The van der Waals surface area contributed by atoms with Crippen LogP contribution in [0.1, 0.15) is 177 Å². The van der Waals surface area contributed by atoms with Crippen LogP contribution < -0.4 is 19.6 Å². The van der Waals surface area contributed by atoms with Crippen LogP contribution in [0, 0.1) is 17.7 Å². The quantitative estimate of drug-likeness (QED) is 0.0986. The van der Waals surface area contributed by atoms with E-state index < -0.39 is 12.1 Å². The van der Waals surface area contributed by atoms with E-state index in [-0.39, 0.29) is 77.1 Å². The zero-order chi connectivity index (χ0) is 74.4. The number of benzene rings is 8. The van der Waals surface area contributed by atoms with Crippen molar-refractivity contribution >= 4 is 57.7 Å². The molecular weight excluding hydrogens is 1360 g/mol. The van der Waals surface area contributed by atoms with Crippen molar-refractivity contribution in [1.82, 2.24) is 19.6 Å². The molecule has 4 aliphatic carbocycles. The Hall–Kier alpha value is -9.97. The van der Waals surface area contributed by atoms with Crippen molar-refractivity contribution in [2.24, 2.45) is 11.8 Å². The lowest BCUT2D eigenvalue weighted by molar-refractivity contribution is -0.134. The average Bonchev–Trinajstić information content (AvgIpc) is 1.37. The number of halogens is 1. The van der Waals surface area contributed by atoms with Gasteiger partial charge in [0.1, 0.15) is 28.9 Å². The number of piperidine rings is 2. The number of amides is 2. The Morgan fingerprint density at radius 3 is 1.23 bits per heavy atom. The van der Waals surface area contributed by atoms with Gasteiger partial charge < -0.3 is 39.6 Å². The van der Waals surface area contributed by atoms with Crippen molar-refractivity contribution in [2.45, 2.75) is 139 Å². The van der Waals surface area contributed by atoms with Gasteiger partial charge in [-0.2, -0.15) is 0 Å². The van der Waals surface area contributed by atoms with Crippen LogP contribution in [0.5, 0.6) is 11.5 Å². The van der Waals surface area contributed by atoms with Crippen molar-refractivity contribution in [3.63, 3.8) is 0 Å². The van der Waals surface area contributed by atoms with Crippen LogP contribution in [0.25, 0.3) is 0 Å². The maximum absolute atomic E-state index is 16.1. The molecule has 8 aromatic rings. The summed E-state index contributed by atoms with van der Waals surface area (Å²) < 4.78 is 16.1. The summed E-state index contributed by atoms with van der Waals surface area (Å²) in [5.74, 6) is 2.18. The highest BCUT2D eigenvalue weighted by molar-refractivity contribution is 6.09. The van der Waals surface area contributed by atoms with Crippen LogP contribution in [0.15, 0.2) is 176 Å². The van der Waals surface area contributed by atoms with Gasteiger partial charge in [-0.1, -0.05) is 91.0 Å². The average molecular weight is 1460 g/mol. The highest BCUT2D eigenvalue weighted by Crippen LogP contribution is 2.50. The van der Waals surface area contributed by atoms with Gasteiger partial charge in [-0.3, -0.25) is 38.6 Å². The first-order valence-electron chi connectivity index (χ1n) is 40.2. The summed E-state index contributed by atoms with van der Waals surface area (Å²) in [4.78, 5) is 93.1. The second-order valence-corrected chi connectivity index (χ2v) is 32.6. The molecule has 109 heavy (non-hydrogen) atoms. The third-order valence-corrected chi connectivity index (χ3v) is 26.1. The smallest absolute Gasteiger partial charge is 0.255 e. The summed E-state index contributed by atoms with van der Waals surface area (Å²) in [6, 6.07) is 59.5. The second-order valence-electron chi connectivity index (χ2n) is 32.6. The van der Waals surface area contributed by atoms with Crippen LogP contribution in [0.4, 0.5) is 27.1 Å². The summed E-state index contributed by atoms with van der Waals surface area (Å²) in [5, 5.41) is 20.4. The van der Waals surface area contributed by atoms with Gasteiger partial charge in [0, 0.05) is 158 Å². The third-order valence-electron chi connectivity index (χ3n) is 26.1. The number of phenols is 2. The van der Waals surface area contributed by atoms with Crippen molar-refractivity contribution in [2.75, 3.05) is 111 Å². The van der Waals surface area contributed by atoms with E-state index in [0.29, 0.717) is 79.1 Å². The second kappa shape index (κ2) is 31.2. The van der Waals surface area contributed by atoms with Gasteiger partial charge in [0.05, 0.1) is 30.6 Å². The molecule has 4 saturated heterocycles. The number of Topliss-reactive ketones (excluding diaryl/α,β-unsaturated/α-hetero) is 4. The molecule has 6 heterocycles. The first-order valence-corrected chi connectivity index (χ1v) is 40.2. The highest BCUT2D eigenvalue weighted by Gasteiger charge is 2.43. The Morgan fingerprint density at radius 2 is 0.780 bits per heavy atom. The molecule has 6 fully saturated rings. The molecule has 18 rings (SSSR count). The van der Waals surface area contributed by atoms with Crippen LogP contribution in [0.2, 0.25) is 0 Å². The first kappa shape index (κ1) is 71.9. The monoisotopic (exact) mass is 1460 g/mol. The zero-order valence-electron chi connectivity index (χ0n) is 62.4. The predicted octanol–water partition coefficient (Wildman–Crippen LogP) is 14.0. The summed E-state index contributed by atoms with van der Waals surface area (Å²) in [6.07, 6.45) is 9.84. The van der Waals surface area contributed by atoms with Gasteiger partial charge >= 0.3 is 0 Å². The number of hydrogen-bond acceptors (Lipinski definition) is 14. The Labute approximate surface area is 639 Å². The Morgan fingerprint density at radius 1 is 0.358 bits per heavy atom. The van der Waals surface area contributed by atoms with E-state index in [0.717, 1.165) is 164 Å². The molecule has 17 heteroatoms. The summed E-state index contributed by atoms with van der Waals surface area (Å²) in [7, 11) is 0. The lowest BCUT2D eigenvalue weighted by Gasteiger charge is -2.40. The lowest BCUT2D eigenvalue weighted by Crippen LogP contribution is -2.49. The standard InChI is InChI=1S/C46H49FN4O4.C46H50N4O4/c47-41-26-33(45-38(31-4-2-1-3-5-31)11-6-32-25-36(52)9-13-39(32)45)7-14-42(41)50-18-16-30(17-19-50)28-48-20-22-49(23-21-48)35-8-12-40-34(24-35)29-51(46(40)55)43-15-10-37(53)27-44(43)54;51-38-12-16-41-34(27-38)8-14-40(32-4-2-1-3-5-32)45(41)33-6-9-36(10-7-33)48-20-18-31(19-21-48)29-47-22-24-49(25-23-47)37-11-15-42-35(26-37)30-50(46(42)54)43-17-13-39(52)28-44(43)53/h1-5,7-9,12-14,24-26,30,38,43,45,52H,6,10-11,15-23,27-29H2;1-7,9-12,15-16,26-27,31,40,43,45,51H,8,13-14,17-25,28-30H2/t38-,43-,45+;40-,43-,45+/m11/s1. The van der Waals surface area contributed by atoms with E-state index in [1.807, 2.05) is 54.6 Å². The maximum atomic E-state index is 16.1. The number of carbonyl (C=O) groups excluding carboxylic acids is 6. The van der Waals surface area contributed by atoms with Gasteiger partial charge in [0.2, 0.25) is 0 Å². The summed E-state index contributed by atoms with van der Waals surface area (Å²) in [6.45, 7) is 14.6. The highest BCUT2D eigenvalue weighted by atomic mass is 19.1. The molecule has 6 aliphatic heterocycles. The van der Waals surface area contributed by atoms with Crippen LogP contribution >= 0.6 is 0 Å². The fourth-order valence-corrected chi connectivity index (χ4v) is 20.2. The molecule has 0 unspecified atom stereocenters. The maximum Gasteiger partial charge on any atom is 0.255 e. The number of hydrogen-bond donors (Lipinski definition) is 2. The van der Waals surface area contributed by atoms with Gasteiger partial charge in [-0.05, 0) is 228 Å². The number of rotatable bonds is 14. The molecule has 16 nitrogen and oxygen atoms in total. The van der Waals surface area contributed by atoms with E-state index in [1.165, 1.54) is 51.9 Å². The number of fused-ring (bicyclic) bond motifs is 4. The number of piperazine rings is 2. The number of carbonyl (C=O) groups is 6. The van der Waals surface area contributed by atoms with Crippen molar-refractivity contribution in [3.8, 4) is 11.5 Å². The number of ketones is 4. The Kier molecular flexibility index (Phi) is 20.6. The number of aryl methyl sites for hydroxylation is 2. The fraction of sp³-hybridized carbons (Fsp3) is 0.413. The van der Waals surface area contributed by atoms with Crippen molar-refractivity contribution in [3.05, 3.63) is 249 Å². The SMILES string of the molecule is O=C1CC[C@@H](N2Cc3cc(N4CCN(CC5CCN(c6ccc([C@@H]7c8ccc(O)cc8CC[C@@H]7c7ccccc7)cc6)CC5)CC4)ccc3C2=O)C(=O)C1.O=C1CC[C@@H](N2Cc3cc(N4CCN(CC5CCN(c6ccc([C@@H]7c8ccc(O)cc8CC[C@@H]7c7ccccc7)cc6F)CC5)CC4)ccc3C2=O)C(=O)C1. The third kappa shape index (κ3) is 15.1. The molecule has 2 amide bonds. The largest absolute Gasteiger partial charge is 0.508 e. The molecule has 0 radical (unpaired) electrons. The van der Waals surface area contributed by atoms with Gasteiger partial charge in [-0.25, -0.2) is 4.39 Å². The summed E-state index contributed by atoms with van der Waals surface area (Å²) in [5.41, 5.74) is 17.5. The van der Waals surface area contributed by atoms with Gasteiger partial charge in [0.15, 0.2) is 11.6 Å². The van der Waals surface area contributed by atoms with Gasteiger partial charge in [-0.15, -0.1) is 0 Å². The first-order chi connectivity index (χ1) is 53.2. The molecule has 0 spiro atoms. The molecule has 6 atom stereocenters. The molecule has 0 bridgehead atoms. The number of nitrogens with zero attached hydrogens (tertiary/aromatic N) is 8. The molecular formula is C92H99FN8O8. The van der Waals surface area contributed by atoms with E-state index in [9.17, 15) is 39.0 Å². The minimum absolute atomic E-state index is 0.0167. The molecule has 2 N–H and O–H groups in total. The normalized spacial score (nSPS) is 23.7. The molecule has 562 valence electrons.